The van der Waals surface area contributed by atoms with Crippen molar-refractivity contribution in [3.8, 4) is 11.4 Å². The van der Waals surface area contributed by atoms with Crippen LogP contribution in [0.2, 0.25) is 0 Å². The molecule has 0 bridgehead atoms. The van der Waals surface area contributed by atoms with Crippen molar-refractivity contribution in [2.45, 2.75) is 32.1 Å². The topological polar surface area (TPSA) is 88.3 Å². The molecule has 2 heterocycles. The van der Waals surface area contributed by atoms with Gasteiger partial charge in [-0.25, -0.2) is 4.39 Å². The van der Waals surface area contributed by atoms with Crippen molar-refractivity contribution in [2.75, 3.05) is 18.4 Å². The Morgan fingerprint density at radius 3 is 2.69 bits per heavy atom. The smallest absolute Gasteiger partial charge is 0.229 e. The maximum atomic E-state index is 13.0. The second-order valence-electron chi connectivity index (χ2n) is 7.91. The molecular formula is C24H25FN4O3. The van der Waals surface area contributed by atoms with Crippen LogP contribution < -0.4 is 5.32 Å². The van der Waals surface area contributed by atoms with Crippen LogP contribution in [-0.2, 0) is 16.0 Å². The number of benzene rings is 2. The van der Waals surface area contributed by atoms with Crippen molar-refractivity contribution < 1.29 is 18.5 Å². The first-order chi connectivity index (χ1) is 15.6. The van der Waals surface area contributed by atoms with E-state index >= 15 is 0 Å². The lowest BCUT2D eigenvalue weighted by atomic mass is 9.96. The summed E-state index contributed by atoms with van der Waals surface area (Å²) in [5, 5.41) is 6.85. The molecule has 0 radical (unpaired) electrons. The Morgan fingerprint density at radius 2 is 1.91 bits per heavy atom. The molecule has 2 amide bonds. The first kappa shape index (κ1) is 21.7. The predicted octanol–water partition coefficient (Wildman–Crippen LogP) is 4.08. The van der Waals surface area contributed by atoms with Crippen LogP contribution in [0.5, 0.6) is 0 Å². The molecule has 1 unspecified atom stereocenters. The molecule has 1 aliphatic heterocycles. The summed E-state index contributed by atoms with van der Waals surface area (Å²) in [5.41, 5.74) is 1.44. The number of anilines is 1. The summed E-state index contributed by atoms with van der Waals surface area (Å²) in [6.45, 7) is 1.11. The number of aromatic nitrogens is 2. The van der Waals surface area contributed by atoms with Gasteiger partial charge in [-0.3, -0.25) is 9.59 Å². The molecule has 1 saturated heterocycles. The van der Waals surface area contributed by atoms with Gasteiger partial charge in [0, 0.05) is 37.2 Å². The molecule has 2 aromatic carbocycles. The molecule has 0 saturated carbocycles. The highest BCUT2D eigenvalue weighted by Gasteiger charge is 2.28. The van der Waals surface area contributed by atoms with Gasteiger partial charge in [-0.05, 0) is 55.7 Å². The van der Waals surface area contributed by atoms with Crippen molar-refractivity contribution in [1.29, 1.82) is 0 Å². The largest absolute Gasteiger partial charge is 0.342 e. The highest BCUT2D eigenvalue weighted by Crippen LogP contribution is 2.21. The minimum atomic E-state index is -0.325. The molecule has 3 aromatic rings. The van der Waals surface area contributed by atoms with Gasteiger partial charge in [0.25, 0.3) is 0 Å². The average Bonchev–Trinajstić information content (AvgIpc) is 3.29. The predicted molar refractivity (Wildman–Crippen MR) is 117 cm³/mol. The second-order valence-corrected chi connectivity index (χ2v) is 7.91. The number of piperidine rings is 1. The SMILES string of the molecule is O=C(Nc1ccccc1)C1CCCN(C(=O)CCCc2nc(-c3ccc(F)cc3)no2)C1. The average molecular weight is 436 g/mol. The first-order valence-corrected chi connectivity index (χ1v) is 10.8. The Hall–Kier alpha value is -3.55. The molecule has 7 nitrogen and oxygen atoms in total. The number of carbonyl (C=O) groups excluding carboxylic acids is 2. The number of nitrogens with one attached hydrogen (secondary N) is 1. The summed E-state index contributed by atoms with van der Waals surface area (Å²) in [5.74, 6) is 0.287. The zero-order valence-electron chi connectivity index (χ0n) is 17.7. The summed E-state index contributed by atoms with van der Waals surface area (Å²) in [6, 6.07) is 15.2. The number of rotatable bonds is 7. The van der Waals surface area contributed by atoms with Crippen molar-refractivity contribution in [3.63, 3.8) is 0 Å². The fourth-order valence-corrected chi connectivity index (χ4v) is 3.81. The highest BCUT2D eigenvalue weighted by atomic mass is 19.1. The third-order valence-corrected chi connectivity index (χ3v) is 5.54. The van der Waals surface area contributed by atoms with Gasteiger partial charge in [-0.2, -0.15) is 4.98 Å². The van der Waals surface area contributed by atoms with Gasteiger partial charge in [0.1, 0.15) is 5.82 Å². The lowest BCUT2D eigenvalue weighted by Crippen LogP contribution is -2.43. The maximum Gasteiger partial charge on any atom is 0.229 e. The second kappa shape index (κ2) is 10.2. The third kappa shape index (κ3) is 5.57. The Labute approximate surface area is 185 Å². The Bertz CT molecular complexity index is 1050. The van der Waals surface area contributed by atoms with Gasteiger partial charge in [0.05, 0.1) is 5.92 Å². The molecule has 1 atom stereocenters. The number of hydrogen-bond donors (Lipinski definition) is 1. The summed E-state index contributed by atoms with van der Waals surface area (Å²) in [6.07, 6.45) is 2.98. The quantitative estimate of drug-likeness (QED) is 0.603. The Balaban J connectivity index is 1.24. The van der Waals surface area contributed by atoms with Crippen LogP contribution >= 0.6 is 0 Å². The molecule has 1 N–H and O–H groups in total. The third-order valence-electron chi connectivity index (χ3n) is 5.54. The molecule has 166 valence electrons. The van der Waals surface area contributed by atoms with Crippen molar-refractivity contribution in [3.05, 3.63) is 66.3 Å². The molecule has 1 aliphatic rings. The highest BCUT2D eigenvalue weighted by molar-refractivity contribution is 5.93. The molecule has 0 spiro atoms. The number of amides is 2. The van der Waals surface area contributed by atoms with Gasteiger partial charge in [0.15, 0.2) is 0 Å². The normalized spacial score (nSPS) is 16.0. The first-order valence-electron chi connectivity index (χ1n) is 10.8. The minimum absolute atomic E-state index is 0.0282. The van der Waals surface area contributed by atoms with Crippen molar-refractivity contribution >= 4 is 17.5 Å². The standard InChI is InChI=1S/C24H25FN4O3/c25-19-13-11-17(12-14-19)23-27-21(32-28-23)9-4-10-22(30)29-15-5-6-18(16-29)24(31)26-20-7-2-1-3-8-20/h1-3,7-8,11-14,18H,4-6,9-10,15-16H2,(H,26,31). The van der Waals surface area contributed by atoms with E-state index in [1.807, 2.05) is 30.3 Å². The van der Waals surface area contributed by atoms with Gasteiger partial charge in [0.2, 0.25) is 23.5 Å². The zero-order valence-corrected chi connectivity index (χ0v) is 17.7. The van der Waals surface area contributed by atoms with E-state index in [2.05, 4.69) is 15.5 Å². The van der Waals surface area contributed by atoms with E-state index in [4.69, 9.17) is 4.52 Å². The minimum Gasteiger partial charge on any atom is -0.342 e. The van der Waals surface area contributed by atoms with Crippen LogP contribution in [0.4, 0.5) is 10.1 Å². The number of para-hydroxylation sites is 1. The molecule has 0 aliphatic carbocycles. The molecular weight excluding hydrogens is 411 g/mol. The Morgan fingerprint density at radius 1 is 1.12 bits per heavy atom. The van der Waals surface area contributed by atoms with Gasteiger partial charge in [-0.15, -0.1) is 0 Å². The molecule has 1 aromatic heterocycles. The lowest BCUT2D eigenvalue weighted by Gasteiger charge is -2.32. The van der Waals surface area contributed by atoms with Crippen LogP contribution in [0.25, 0.3) is 11.4 Å². The van der Waals surface area contributed by atoms with Crippen molar-refractivity contribution in [1.82, 2.24) is 15.0 Å². The van der Waals surface area contributed by atoms with E-state index in [0.29, 0.717) is 49.6 Å². The summed E-state index contributed by atoms with van der Waals surface area (Å²) < 4.78 is 18.3. The van der Waals surface area contributed by atoms with Gasteiger partial charge >= 0.3 is 0 Å². The van der Waals surface area contributed by atoms with Gasteiger partial charge < -0.3 is 14.7 Å². The number of nitrogens with zero attached hydrogens (tertiary/aromatic N) is 3. The fourth-order valence-electron chi connectivity index (χ4n) is 3.81. The van der Waals surface area contributed by atoms with Crippen LogP contribution in [0.15, 0.2) is 59.1 Å². The molecule has 4 rings (SSSR count). The van der Waals surface area contributed by atoms with E-state index in [-0.39, 0.29) is 23.5 Å². The zero-order chi connectivity index (χ0) is 22.3. The van der Waals surface area contributed by atoms with E-state index in [1.54, 1.807) is 17.0 Å². The Kier molecular flexibility index (Phi) is 6.89. The van der Waals surface area contributed by atoms with Crippen LogP contribution in [0, 0.1) is 11.7 Å². The van der Waals surface area contributed by atoms with E-state index in [9.17, 15) is 14.0 Å². The number of aryl methyl sites for hydroxylation is 1. The summed E-state index contributed by atoms with van der Waals surface area (Å²) in [7, 11) is 0. The van der Waals surface area contributed by atoms with E-state index < -0.39 is 0 Å². The van der Waals surface area contributed by atoms with Crippen LogP contribution in [0.3, 0.4) is 0 Å². The lowest BCUT2D eigenvalue weighted by molar-refractivity contribution is -0.134. The maximum absolute atomic E-state index is 13.0. The summed E-state index contributed by atoms with van der Waals surface area (Å²) >= 11 is 0. The number of carbonyl (C=O) groups is 2. The number of hydrogen-bond acceptors (Lipinski definition) is 5. The molecule has 1 fully saturated rings. The number of likely N-dealkylation sites (tertiary alicyclic amines) is 1. The van der Waals surface area contributed by atoms with Gasteiger partial charge in [-0.1, -0.05) is 23.4 Å². The monoisotopic (exact) mass is 436 g/mol. The van der Waals surface area contributed by atoms with E-state index in [0.717, 1.165) is 18.5 Å². The van der Waals surface area contributed by atoms with E-state index in [1.165, 1.54) is 12.1 Å². The fraction of sp³-hybridized carbons (Fsp3) is 0.333. The summed E-state index contributed by atoms with van der Waals surface area (Å²) in [4.78, 5) is 31.3. The van der Waals surface area contributed by atoms with Crippen molar-refractivity contribution in [2.24, 2.45) is 5.92 Å². The van der Waals surface area contributed by atoms with Crippen LogP contribution in [-0.4, -0.2) is 39.9 Å². The van der Waals surface area contributed by atoms with Crippen LogP contribution in [0.1, 0.15) is 31.6 Å². The number of halogens is 1. The molecule has 32 heavy (non-hydrogen) atoms. The molecule has 8 heteroatoms.